The zero-order chi connectivity index (χ0) is 27.9. The molecule has 0 saturated carbocycles. The summed E-state index contributed by atoms with van der Waals surface area (Å²) < 4.78 is 3.65. The first-order valence-corrected chi connectivity index (χ1v) is 15.5. The number of carbonyl (C=O) groups is 1. The van der Waals surface area contributed by atoms with Gasteiger partial charge in [0, 0.05) is 16.3 Å². The number of anilines is 2. The lowest BCUT2D eigenvalue weighted by molar-refractivity contribution is -0.115. The Morgan fingerprint density at radius 3 is 2.24 bits per heavy atom. The van der Waals surface area contributed by atoms with Gasteiger partial charge in [0.1, 0.15) is 4.83 Å². The number of aryl methyl sites for hydroxylation is 3. The number of hydrogen-bond donors (Lipinski definition) is 0. The molecule has 1 aliphatic rings. The van der Waals surface area contributed by atoms with E-state index >= 15 is 0 Å². The molecule has 3 aromatic carbocycles. The van der Waals surface area contributed by atoms with Crippen LogP contribution in [-0.4, -0.2) is 30.8 Å². The monoisotopic (exact) mass is 577 g/mol. The lowest BCUT2D eigenvalue weighted by atomic mass is 9.97. The zero-order valence-electron chi connectivity index (χ0n) is 22.5. The maximum atomic E-state index is 14.1. The van der Waals surface area contributed by atoms with E-state index in [2.05, 4.69) is 10.2 Å². The number of nitrogens with zero attached hydrogens (tertiary/aromatic N) is 5. The van der Waals surface area contributed by atoms with Crippen LogP contribution in [0, 0.1) is 6.92 Å². The van der Waals surface area contributed by atoms with Crippen molar-refractivity contribution in [2.24, 2.45) is 0 Å². The van der Waals surface area contributed by atoms with E-state index in [4.69, 9.17) is 0 Å². The molecule has 0 saturated heterocycles. The van der Waals surface area contributed by atoms with Crippen molar-refractivity contribution in [3.05, 3.63) is 111 Å². The first kappa shape index (κ1) is 25.7. The summed E-state index contributed by atoms with van der Waals surface area (Å²) in [5.74, 6) is 0.543. The highest BCUT2D eigenvalue weighted by Crippen LogP contribution is 2.37. The number of aromatic nitrogens is 4. The number of amides is 1. The third-order valence-electron chi connectivity index (χ3n) is 7.48. The molecule has 0 bridgehead atoms. The molecule has 7 rings (SSSR count). The number of hydrogen-bond acceptors (Lipinski definition) is 6. The van der Waals surface area contributed by atoms with Gasteiger partial charge in [-0.05, 0) is 74.6 Å². The van der Waals surface area contributed by atoms with Gasteiger partial charge in [-0.25, -0.2) is 8.97 Å². The fraction of sp³-hybridized carbons (Fsp3) is 0.188. The van der Waals surface area contributed by atoms with Crippen molar-refractivity contribution in [3.63, 3.8) is 0 Å². The second-order valence-electron chi connectivity index (χ2n) is 10.2. The summed E-state index contributed by atoms with van der Waals surface area (Å²) in [6.07, 6.45) is 4.08. The van der Waals surface area contributed by atoms with Gasteiger partial charge in [-0.2, -0.15) is 0 Å². The Bertz CT molecular complexity index is 1900. The number of carbonyl (C=O) groups excluding carboxylic acids is 1. The standard InChI is InChI=1S/C32H27N5O2S2/c1-21-16-18-24(19-17-21)36-29(39)28-25-14-8-9-15-26(25)41-30(28)37-31(36)33-34-32(37)40-20-27(38)35(22-10-4-2-5-11-22)23-12-6-3-7-13-23/h2-7,10-13,16-19H,8-9,14-15,20H2,1H3. The van der Waals surface area contributed by atoms with Crippen LogP contribution in [-0.2, 0) is 17.6 Å². The molecule has 0 spiro atoms. The van der Waals surface area contributed by atoms with Crippen LogP contribution in [0.2, 0.25) is 0 Å². The summed E-state index contributed by atoms with van der Waals surface area (Å²) in [6, 6.07) is 27.2. The fourth-order valence-corrected chi connectivity index (χ4v) is 7.74. The highest BCUT2D eigenvalue weighted by atomic mass is 32.2. The van der Waals surface area contributed by atoms with Crippen molar-refractivity contribution in [1.82, 2.24) is 19.2 Å². The van der Waals surface area contributed by atoms with Crippen LogP contribution in [0.15, 0.2) is 94.9 Å². The molecule has 0 fully saturated rings. The minimum absolute atomic E-state index is 0.0601. The molecule has 0 aliphatic heterocycles. The highest BCUT2D eigenvalue weighted by molar-refractivity contribution is 7.99. The molecule has 9 heteroatoms. The van der Waals surface area contributed by atoms with E-state index < -0.39 is 0 Å². The van der Waals surface area contributed by atoms with Gasteiger partial charge >= 0.3 is 0 Å². The van der Waals surface area contributed by atoms with Crippen LogP contribution >= 0.6 is 23.1 Å². The summed E-state index contributed by atoms with van der Waals surface area (Å²) in [7, 11) is 0. The molecule has 204 valence electrons. The average Bonchev–Trinajstić information content (AvgIpc) is 3.60. The number of para-hydroxylation sites is 2. The van der Waals surface area contributed by atoms with Crippen molar-refractivity contribution in [2.75, 3.05) is 10.7 Å². The van der Waals surface area contributed by atoms with Gasteiger partial charge in [-0.15, -0.1) is 21.5 Å². The van der Waals surface area contributed by atoms with E-state index in [0.717, 1.165) is 64.1 Å². The Morgan fingerprint density at radius 1 is 0.902 bits per heavy atom. The SMILES string of the molecule is Cc1ccc(-n2c(=O)c3c4c(sc3n3c(SCC(=O)N(c5ccccc5)c5ccccc5)nnc23)CCCC4)cc1. The molecular weight excluding hydrogens is 551 g/mol. The topological polar surface area (TPSA) is 72.5 Å². The lowest BCUT2D eigenvalue weighted by Crippen LogP contribution is -2.27. The van der Waals surface area contributed by atoms with Gasteiger partial charge in [0.25, 0.3) is 5.56 Å². The highest BCUT2D eigenvalue weighted by Gasteiger charge is 2.26. The molecule has 0 N–H and O–H groups in total. The molecular formula is C32H27N5O2S2. The smallest absolute Gasteiger partial charge is 0.268 e. The van der Waals surface area contributed by atoms with Crippen LogP contribution in [0.1, 0.15) is 28.8 Å². The number of thiophene rings is 1. The average molecular weight is 578 g/mol. The van der Waals surface area contributed by atoms with E-state index in [0.29, 0.717) is 10.9 Å². The quantitative estimate of drug-likeness (QED) is 0.205. The van der Waals surface area contributed by atoms with Crippen molar-refractivity contribution in [3.8, 4) is 5.69 Å². The van der Waals surface area contributed by atoms with Gasteiger partial charge in [0.2, 0.25) is 11.7 Å². The van der Waals surface area contributed by atoms with Gasteiger partial charge in [-0.1, -0.05) is 65.9 Å². The van der Waals surface area contributed by atoms with Gasteiger partial charge in [0.05, 0.1) is 16.8 Å². The normalized spacial score (nSPS) is 13.0. The molecule has 0 unspecified atom stereocenters. The summed E-state index contributed by atoms with van der Waals surface area (Å²) in [5, 5.41) is 10.4. The summed E-state index contributed by atoms with van der Waals surface area (Å²) in [4.78, 5) is 31.7. The third-order valence-corrected chi connectivity index (χ3v) is 9.67. The van der Waals surface area contributed by atoms with E-state index in [-0.39, 0.29) is 17.2 Å². The molecule has 1 amide bonds. The molecule has 0 atom stereocenters. The Labute approximate surface area is 245 Å². The summed E-state index contributed by atoms with van der Waals surface area (Å²) in [6.45, 7) is 2.03. The number of benzene rings is 3. The number of thioether (sulfide) groups is 1. The molecule has 7 nitrogen and oxygen atoms in total. The molecule has 1 aliphatic carbocycles. The van der Waals surface area contributed by atoms with Crippen molar-refractivity contribution in [2.45, 2.75) is 37.8 Å². The number of fused-ring (bicyclic) bond motifs is 5. The van der Waals surface area contributed by atoms with E-state index in [1.165, 1.54) is 16.6 Å². The lowest BCUT2D eigenvalue weighted by Gasteiger charge is -2.22. The van der Waals surface area contributed by atoms with Crippen LogP contribution in [0.3, 0.4) is 0 Å². The second-order valence-corrected chi connectivity index (χ2v) is 12.2. The number of rotatable bonds is 6. The third kappa shape index (κ3) is 4.55. The minimum atomic E-state index is -0.0716. The zero-order valence-corrected chi connectivity index (χ0v) is 24.1. The molecule has 6 aromatic rings. The van der Waals surface area contributed by atoms with Crippen LogP contribution < -0.4 is 10.5 Å². The first-order chi connectivity index (χ1) is 20.1. The summed E-state index contributed by atoms with van der Waals surface area (Å²) >= 11 is 3.01. The van der Waals surface area contributed by atoms with Gasteiger partial charge in [-0.3, -0.25) is 14.5 Å². The Balaban J connectivity index is 1.34. The van der Waals surface area contributed by atoms with E-state index in [9.17, 15) is 9.59 Å². The minimum Gasteiger partial charge on any atom is -0.280 e. The fourth-order valence-electron chi connectivity index (χ4n) is 5.52. The molecule has 3 heterocycles. The largest absolute Gasteiger partial charge is 0.280 e. The molecule has 41 heavy (non-hydrogen) atoms. The van der Waals surface area contributed by atoms with E-state index in [1.54, 1.807) is 20.8 Å². The van der Waals surface area contributed by atoms with Crippen LogP contribution in [0.25, 0.3) is 21.7 Å². The maximum Gasteiger partial charge on any atom is 0.268 e. The van der Waals surface area contributed by atoms with Crippen molar-refractivity contribution < 1.29 is 4.79 Å². The van der Waals surface area contributed by atoms with E-state index in [1.807, 2.05) is 96.3 Å². The van der Waals surface area contributed by atoms with Crippen molar-refractivity contribution in [1.29, 1.82) is 0 Å². The maximum absolute atomic E-state index is 14.1. The molecule has 3 aromatic heterocycles. The van der Waals surface area contributed by atoms with Crippen LogP contribution in [0.4, 0.5) is 11.4 Å². The summed E-state index contributed by atoms with van der Waals surface area (Å²) in [5.41, 5.74) is 4.57. The van der Waals surface area contributed by atoms with Crippen LogP contribution in [0.5, 0.6) is 0 Å². The predicted octanol–water partition coefficient (Wildman–Crippen LogP) is 6.74. The Hall–Kier alpha value is -4.21. The Morgan fingerprint density at radius 2 is 1.56 bits per heavy atom. The predicted molar refractivity (Wildman–Crippen MR) is 166 cm³/mol. The first-order valence-electron chi connectivity index (χ1n) is 13.7. The van der Waals surface area contributed by atoms with Gasteiger partial charge < -0.3 is 0 Å². The Kier molecular flexibility index (Phi) is 6.68. The molecule has 0 radical (unpaired) electrons. The van der Waals surface area contributed by atoms with Gasteiger partial charge in [0.15, 0.2) is 5.16 Å². The second kappa shape index (κ2) is 10.6. The van der Waals surface area contributed by atoms with Crippen molar-refractivity contribution >= 4 is 56.4 Å².